The SMILES string of the molecule is CC1CC(C)C(O)C(C)C=CC(=O)OC(C)C(C)C=CC=CC1=O. The van der Waals surface area contributed by atoms with E-state index in [2.05, 4.69) is 0 Å². The lowest BCUT2D eigenvalue weighted by atomic mass is 9.85. The Balaban J connectivity index is 2.99. The molecule has 1 rings (SSSR count). The number of hydrogen-bond acceptors (Lipinski definition) is 4. The first kappa shape index (κ1) is 20.4. The Kier molecular flexibility index (Phi) is 8.13. The van der Waals surface area contributed by atoms with Crippen LogP contribution in [0.4, 0.5) is 0 Å². The summed E-state index contributed by atoms with van der Waals surface area (Å²) in [6.45, 7) is 9.45. The van der Waals surface area contributed by atoms with Crippen LogP contribution < -0.4 is 0 Å². The second kappa shape index (κ2) is 9.58. The van der Waals surface area contributed by atoms with Gasteiger partial charge in [0.15, 0.2) is 5.78 Å². The molecular weight excluding hydrogens is 304 g/mol. The molecule has 0 aromatic carbocycles. The summed E-state index contributed by atoms with van der Waals surface area (Å²) >= 11 is 0. The molecule has 0 fully saturated rings. The molecule has 0 aromatic rings. The van der Waals surface area contributed by atoms with Crippen LogP contribution in [-0.4, -0.2) is 29.1 Å². The molecule has 1 heterocycles. The van der Waals surface area contributed by atoms with Gasteiger partial charge in [0, 0.05) is 23.8 Å². The summed E-state index contributed by atoms with van der Waals surface area (Å²) in [6.07, 6.45) is 9.79. The molecule has 0 saturated carbocycles. The number of esters is 1. The average Bonchev–Trinajstić information content (AvgIpc) is 2.54. The van der Waals surface area contributed by atoms with Gasteiger partial charge in [0.05, 0.1) is 6.10 Å². The first-order chi connectivity index (χ1) is 11.2. The molecule has 0 amide bonds. The highest BCUT2D eigenvalue weighted by Gasteiger charge is 2.23. The molecule has 0 bridgehead atoms. The molecule has 0 radical (unpaired) electrons. The Morgan fingerprint density at radius 3 is 2.29 bits per heavy atom. The van der Waals surface area contributed by atoms with Crippen LogP contribution in [0.25, 0.3) is 0 Å². The zero-order valence-corrected chi connectivity index (χ0v) is 15.3. The Hall–Kier alpha value is -1.68. The molecule has 0 aromatic heterocycles. The molecule has 24 heavy (non-hydrogen) atoms. The number of ketones is 1. The predicted molar refractivity (Wildman–Crippen MR) is 95.3 cm³/mol. The van der Waals surface area contributed by atoms with E-state index in [-0.39, 0.29) is 35.6 Å². The third-order valence-corrected chi connectivity index (χ3v) is 4.70. The number of cyclic esters (lactones) is 1. The van der Waals surface area contributed by atoms with E-state index >= 15 is 0 Å². The first-order valence-corrected chi connectivity index (χ1v) is 8.68. The zero-order chi connectivity index (χ0) is 18.3. The van der Waals surface area contributed by atoms with E-state index < -0.39 is 12.1 Å². The van der Waals surface area contributed by atoms with Crippen molar-refractivity contribution in [3.8, 4) is 0 Å². The highest BCUT2D eigenvalue weighted by atomic mass is 16.5. The Morgan fingerprint density at radius 1 is 0.958 bits per heavy atom. The van der Waals surface area contributed by atoms with Crippen LogP contribution in [0.5, 0.6) is 0 Å². The topological polar surface area (TPSA) is 63.6 Å². The molecule has 1 aliphatic rings. The van der Waals surface area contributed by atoms with E-state index in [4.69, 9.17) is 4.74 Å². The van der Waals surface area contributed by atoms with E-state index in [1.165, 1.54) is 6.08 Å². The van der Waals surface area contributed by atoms with Crippen molar-refractivity contribution in [3.63, 3.8) is 0 Å². The van der Waals surface area contributed by atoms with Crippen molar-refractivity contribution in [1.29, 1.82) is 0 Å². The summed E-state index contributed by atoms with van der Waals surface area (Å²) in [5.74, 6) is -0.691. The third-order valence-electron chi connectivity index (χ3n) is 4.70. The van der Waals surface area contributed by atoms with Crippen molar-refractivity contribution in [3.05, 3.63) is 36.5 Å². The largest absolute Gasteiger partial charge is 0.459 e. The van der Waals surface area contributed by atoms with Crippen LogP contribution in [-0.2, 0) is 14.3 Å². The van der Waals surface area contributed by atoms with Crippen LogP contribution in [0.3, 0.4) is 0 Å². The number of carbonyl (C=O) groups excluding carboxylic acids is 2. The fourth-order valence-electron chi connectivity index (χ4n) is 2.72. The van der Waals surface area contributed by atoms with Gasteiger partial charge in [-0.3, -0.25) is 4.79 Å². The summed E-state index contributed by atoms with van der Waals surface area (Å²) in [7, 11) is 0. The minimum atomic E-state index is -0.613. The number of aliphatic hydroxyl groups is 1. The van der Waals surface area contributed by atoms with Gasteiger partial charge in [-0.1, -0.05) is 52.0 Å². The monoisotopic (exact) mass is 334 g/mol. The van der Waals surface area contributed by atoms with Gasteiger partial charge in [-0.05, 0) is 25.3 Å². The van der Waals surface area contributed by atoms with Crippen molar-refractivity contribution in [1.82, 2.24) is 0 Å². The van der Waals surface area contributed by atoms with Crippen LogP contribution >= 0.6 is 0 Å². The van der Waals surface area contributed by atoms with Crippen LogP contribution in [0.2, 0.25) is 0 Å². The zero-order valence-electron chi connectivity index (χ0n) is 15.3. The van der Waals surface area contributed by atoms with Crippen LogP contribution in [0, 0.1) is 23.7 Å². The summed E-state index contributed by atoms with van der Waals surface area (Å²) < 4.78 is 5.36. The lowest BCUT2D eigenvalue weighted by Crippen LogP contribution is -2.27. The maximum atomic E-state index is 12.1. The van der Waals surface area contributed by atoms with Gasteiger partial charge in [0.1, 0.15) is 6.10 Å². The van der Waals surface area contributed by atoms with E-state index in [1.54, 1.807) is 18.2 Å². The molecule has 0 spiro atoms. The molecular formula is C20H30O4. The van der Waals surface area contributed by atoms with Gasteiger partial charge in [-0.2, -0.15) is 0 Å². The Bertz CT molecular complexity index is 518. The Morgan fingerprint density at radius 2 is 1.62 bits per heavy atom. The van der Waals surface area contributed by atoms with E-state index in [9.17, 15) is 14.7 Å². The van der Waals surface area contributed by atoms with Crippen LogP contribution in [0.15, 0.2) is 36.5 Å². The smallest absolute Gasteiger partial charge is 0.330 e. The van der Waals surface area contributed by atoms with Gasteiger partial charge < -0.3 is 9.84 Å². The molecule has 4 nitrogen and oxygen atoms in total. The highest BCUT2D eigenvalue weighted by Crippen LogP contribution is 2.22. The minimum Gasteiger partial charge on any atom is -0.459 e. The molecule has 4 heteroatoms. The van der Waals surface area contributed by atoms with Crippen molar-refractivity contribution in [2.75, 3.05) is 0 Å². The standard InChI is InChI=1S/C20H30O4/c1-13-8-6-7-9-18(21)15(3)12-16(4)20(23)14(2)10-11-19(22)24-17(13)5/h6-11,13-17,20,23H,12H2,1-5H3. The molecule has 134 valence electrons. The summed E-state index contributed by atoms with van der Waals surface area (Å²) in [6, 6.07) is 0. The molecule has 1 aliphatic heterocycles. The molecule has 0 saturated heterocycles. The maximum absolute atomic E-state index is 12.1. The number of allylic oxidation sites excluding steroid dienone is 3. The average molecular weight is 334 g/mol. The highest BCUT2D eigenvalue weighted by molar-refractivity contribution is 5.91. The van der Waals surface area contributed by atoms with E-state index in [0.29, 0.717) is 6.42 Å². The van der Waals surface area contributed by atoms with Gasteiger partial charge in [0.2, 0.25) is 0 Å². The van der Waals surface area contributed by atoms with E-state index in [1.807, 2.05) is 46.8 Å². The normalized spacial score (nSPS) is 36.6. The second-order valence-corrected chi connectivity index (χ2v) is 6.97. The number of hydrogen-bond donors (Lipinski definition) is 1. The second-order valence-electron chi connectivity index (χ2n) is 6.97. The Labute approximate surface area is 145 Å². The van der Waals surface area contributed by atoms with Gasteiger partial charge in [-0.25, -0.2) is 4.79 Å². The van der Waals surface area contributed by atoms with Crippen molar-refractivity contribution in [2.24, 2.45) is 23.7 Å². The fraction of sp³-hybridized carbons (Fsp3) is 0.600. The number of rotatable bonds is 0. The predicted octanol–water partition coefficient (Wildman–Crippen LogP) is 3.46. The third kappa shape index (κ3) is 6.44. The fourth-order valence-corrected chi connectivity index (χ4v) is 2.72. The lowest BCUT2D eigenvalue weighted by molar-refractivity contribution is -0.143. The van der Waals surface area contributed by atoms with Crippen molar-refractivity contribution >= 4 is 11.8 Å². The van der Waals surface area contributed by atoms with Crippen molar-refractivity contribution in [2.45, 2.75) is 53.2 Å². The van der Waals surface area contributed by atoms with Gasteiger partial charge in [0.25, 0.3) is 0 Å². The van der Waals surface area contributed by atoms with Crippen LogP contribution in [0.1, 0.15) is 41.0 Å². The maximum Gasteiger partial charge on any atom is 0.330 e. The number of aliphatic hydroxyl groups excluding tert-OH is 1. The first-order valence-electron chi connectivity index (χ1n) is 8.68. The lowest BCUT2D eigenvalue weighted by Gasteiger charge is -2.24. The van der Waals surface area contributed by atoms with Gasteiger partial charge in [-0.15, -0.1) is 0 Å². The van der Waals surface area contributed by atoms with Crippen molar-refractivity contribution < 1.29 is 19.4 Å². The molecule has 1 N–H and O–H groups in total. The summed E-state index contributed by atoms with van der Waals surface area (Å²) in [5, 5.41) is 10.4. The molecule has 6 unspecified atom stereocenters. The minimum absolute atomic E-state index is 0.0375. The quantitative estimate of drug-likeness (QED) is 0.689. The number of ether oxygens (including phenoxy) is 1. The van der Waals surface area contributed by atoms with E-state index in [0.717, 1.165) is 0 Å². The molecule has 6 atom stereocenters. The number of carbonyl (C=O) groups is 2. The molecule has 0 aliphatic carbocycles. The summed E-state index contributed by atoms with van der Waals surface area (Å²) in [5.41, 5.74) is 0. The summed E-state index contributed by atoms with van der Waals surface area (Å²) in [4.78, 5) is 24.0. The van der Waals surface area contributed by atoms with Gasteiger partial charge >= 0.3 is 5.97 Å².